The first-order valence-electron chi connectivity index (χ1n) is 3.12. The predicted octanol–water partition coefficient (Wildman–Crippen LogP) is 1.38. The smallest absolute Gasteiger partial charge is 0.105 e. The molecule has 0 aliphatic rings. The Balaban J connectivity index is 2.95. The molecule has 0 radical (unpaired) electrons. The molecule has 0 fully saturated rings. The Morgan fingerprint density at radius 1 is 1.55 bits per heavy atom. The molecule has 56 valence electrons. The average Bonchev–Trinajstić information content (AvgIpc) is 2.05. The van der Waals surface area contributed by atoms with Gasteiger partial charge in [-0.3, -0.25) is 4.98 Å². The molecule has 2 N–H and O–H groups in total. The van der Waals surface area contributed by atoms with Gasteiger partial charge < -0.3 is 5.73 Å². The number of nitrogens with two attached hydrogens (primary N) is 1. The molecular weight excluding hydrogens is 156 g/mol. The van der Waals surface area contributed by atoms with Crippen LogP contribution in [-0.4, -0.2) is 9.97 Å². The van der Waals surface area contributed by atoms with E-state index in [1.165, 1.54) is 0 Å². The lowest BCUT2D eigenvalue weighted by Crippen LogP contribution is -2.09. The average molecular weight is 164 g/mol. The third-order valence-electron chi connectivity index (χ3n) is 1.27. The minimum atomic E-state index is 0.295. The summed E-state index contributed by atoms with van der Waals surface area (Å²) in [6.45, 7) is 3.70. The van der Waals surface area contributed by atoms with Gasteiger partial charge in [0.2, 0.25) is 0 Å². The summed E-state index contributed by atoms with van der Waals surface area (Å²) in [6, 6.07) is 5.52. The Hall–Kier alpha value is -1.22. The highest BCUT2D eigenvalue weighted by molar-refractivity contribution is 7.81. The summed E-state index contributed by atoms with van der Waals surface area (Å²) >= 11 is 4.74. The standard InChI is InChI=1S/C8H8N2S/c1-6(8(9)11)7-4-2-3-5-10-7/h2-5H,1H2,(H2,9,11). The molecule has 0 bridgehead atoms. The van der Waals surface area contributed by atoms with Crippen molar-refractivity contribution in [1.29, 1.82) is 0 Å². The normalized spacial score (nSPS) is 9.09. The van der Waals surface area contributed by atoms with Crippen LogP contribution in [0.3, 0.4) is 0 Å². The van der Waals surface area contributed by atoms with Crippen molar-refractivity contribution < 1.29 is 0 Å². The van der Waals surface area contributed by atoms with Crippen LogP contribution in [0, 0.1) is 0 Å². The Labute approximate surface area is 70.8 Å². The third kappa shape index (κ3) is 1.85. The van der Waals surface area contributed by atoms with Gasteiger partial charge >= 0.3 is 0 Å². The summed E-state index contributed by atoms with van der Waals surface area (Å²) in [5.74, 6) is 0. The minimum Gasteiger partial charge on any atom is -0.389 e. The van der Waals surface area contributed by atoms with E-state index in [0.717, 1.165) is 5.69 Å². The van der Waals surface area contributed by atoms with Crippen molar-refractivity contribution in [2.45, 2.75) is 0 Å². The molecule has 0 aliphatic heterocycles. The fraction of sp³-hybridized carbons (Fsp3) is 0. The predicted molar refractivity (Wildman–Crippen MR) is 50.1 cm³/mol. The maximum atomic E-state index is 5.36. The Bertz CT molecular complexity index is 279. The number of hydrogen-bond donors (Lipinski definition) is 1. The largest absolute Gasteiger partial charge is 0.389 e. The first-order chi connectivity index (χ1) is 5.22. The van der Waals surface area contributed by atoms with Crippen molar-refractivity contribution in [3.8, 4) is 0 Å². The molecule has 11 heavy (non-hydrogen) atoms. The first kappa shape index (κ1) is 7.88. The van der Waals surface area contributed by atoms with Crippen molar-refractivity contribution in [2.24, 2.45) is 5.73 Å². The summed E-state index contributed by atoms with van der Waals surface area (Å²) in [5.41, 5.74) is 6.71. The van der Waals surface area contributed by atoms with Gasteiger partial charge in [-0.15, -0.1) is 0 Å². The van der Waals surface area contributed by atoms with E-state index in [1.54, 1.807) is 6.20 Å². The van der Waals surface area contributed by atoms with Gasteiger partial charge in [-0.2, -0.15) is 0 Å². The summed E-state index contributed by atoms with van der Waals surface area (Å²) < 4.78 is 0. The van der Waals surface area contributed by atoms with Crippen LogP contribution in [0.25, 0.3) is 5.57 Å². The lowest BCUT2D eigenvalue weighted by molar-refractivity contribution is 1.29. The lowest BCUT2D eigenvalue weighted by Gasteiger charge is -1.99. The number of thiocarbonyl (C=S) groups is 1. The monoisotopic (exact) mass is 164 g/mol. The molecule has 1 rings (SSSR count). The van der Waals surface area contributed by atoms with E-state index in [9.17, 15) is 0 Å². The van der Waals surface area contributed by atoms with Gasteiger partial charge in [0.1, 0.15) is 4.99 Å². The summed E-state index contributed by atoms with van der Waals surface area (Å²) in [5, 5.41) is 0. The van der Waals surface area contributed by atoms with E-state index in [-0.39, 0.29) is 0 Å². The van der Waals surface area contributed by atoms with Crippen LogP contribution in [0.2, 0.25) is 0 Å². The molecule has 0 amide bonds. The summed E-state index contributed by atoms with van der Waals surface area (Å²) in [4.78, 5) is 4.33. The van der Waals surface area contributed by atoms with Crippen LogP contribution in [0.1, 0.15) is 5.69 Å². The Morgan fingerprint density at radius 2 is 2.27 bits per heavy atom. The topological polar surface area (TPSA) is 38.9 Å². The first-order valence-corrected chi connectivity index (χ1v) is 3.53. The van der Waals surface area contributed by atoms with Crippen molar-refractivity contribution in [3.05, 3.63) is 36.7 Å². The molecule has 1 aromatic rings. The van der Waals surface area contributed by atoms with Gasteiger partial charge in [-0.05, 0) is 12.1 Å². The zero-order chi connectivity index (χ0) is 8.27. The third-order valence-corrected chi connectivity index (χ3v) is 1.52. The zero-order valence-electron chi connectivity index (χ0n) is 5.95. The van der Waals surface area contributed by atoms with Gasteiger partial charge in [0.15, 0.2) is 0 Å². The molecule has 2 nitrogen and oxygen atoms in total. The minimum absolute atomic E-state index is 0.295. The number of pyridine rings is 1. The quantitative estimate of drug-likeness (QED) is 0.530. The van der Waals surface area contributed by atoms with Crippen LogP contribution >= 0.6 is 12.2 Å². The summed E-state index contributed by atoms with van der Waals surface area (Å²) in [7, 11) is 0. The molecule has 0 spiro atoms. The molecule has 0 saturated carbocycles. The number of rotatable bonds is 2. The van der Waals surface area contributed by atoms with Crippen LogP contribution in [-0.2, 0) is 0 Å². The Kier molecular flexibility index (Phi) is 2.33. The molecule has 0 saturated heterocycles. The lowest BCUT2D eigenvalue weighted by atomic mass is 10.2. The highest BCUT2D eigenvalue weighted by Gasteiger charge is 2.00. The van der Waals surface area contributed by atoms with Gasteiger partial charge in [0.25, 0.3) is 0 Å². The van der Waals surface area contributed by atoms with E-state index < -0.39 is 0 Å². The molecule has 1 aromatic heterocycles. The second-order valence-corrected chi connectivity index (χ2v) is 2.50. The van der Waals surface area contributed by atoms with Crippen molar-refractivity contribution in [3.63, 3.8) is 0 Å². The molecule has 0 atom stereocenters. The molecular formula is C8H8N2S. The van der Waals surface area contributed by atoms with Gasteiger partial charge in [-0.1, -0.05) is 24.9 Å². The number of nitrogens with zero attached hydrogens (tertiary/aromatic N) is 1. The fourth-order valence-electron chi connectivity index (χ4n) is 0.667. The highest BCUT2D eigenvalue weighted by atomic mass is 32.1. The van der Waals surface area contributed by atoms with Crippen LogP contribution in [0.5, 0.6) is 0 Å². The van der Waals surface area contributed by atoms with Crippen molar-refractivity contribution in [2.75, 3.05) is 0 Å². The molecule has 3 heteroatoms. The number of hydrogen-bond acceptors (Lipinski definition) is 2. The maximum absolute atomic E-state index is 5.36. The van der Waals surface area contributed by atoms with E-state index in [0.29, 0.717) is 10.6 Å². The SMILES string of the molecule is C=C(C(N)=S)c1ccccn1. The second-order valence-electron chi connectivity index (χ2n) is 2.06. The van der Waals surface area contributed by atoms with Crippen LogP contribution in [0.15, 0.2) is 31.0 Å². The summed E-state index contributed by atoms with van der Waals surface area (Å²) in [6.07, 6.45) is 1.68. The highest BCUT2D eigenvalue weighted by Crippen LogP contribution is 2.07. The zero-order valence-corrected chi connectivity index (χ0v) is 6.77. The van der Waals surface area contributed by atoms with E-state index in [2.05, 4.69) is 11.6 Å². The van der Waals surface area contributed by atoms with Gasteiger partial charge in [0.05, 0.1) is 5.69 Å². The van der Waals surface area contributed by atoms with Gasteiger partial charge in [0, 0.05) is 11.8 Å². The number of aromatic nitrogens is 1. The maximum Gasteiger partial charge on any atom is 0.105 e. The molecule has 0 aliphatic carbocycles. The van der Waals surface area contributed by atoms with Gasteiger partial charge in [-0.25, -0.2) is 0 Å². The van der Waals surface area contributed by atoms with Crippen LogP contribution < -0.4 is 5.73 Å². The molecule has 1 heterocycles. The van der Waals surface area contributed by atoms with Crippen molar-refractivity contribution >= 4 is 22.8 Å². The van der Waals surface area contributed by atoms with E-state index in [1.807, 2.05) is 18.2 Å². The van der Waals surface area contributed by atoms with Crippen LogP contribution in [0.4, 0.5) is 0 Å². The Morgan fingerprint density at radius 3 is 2.73 bits per heavy atom. The fourth-order valence-corrected chi connectivity index (χ4v) is 0.772. The second kappa shape index (κ2) is 3.25. The molecule has 0 aromatic carbocycles. The molecule has 0 unspecified atom stereocenters. The van der Waals surface area contributed by atoms with E-state index >= 15 is 0 Å². The van der Waals surface area contributed by atoms with Crippen molar-refractivity contribution in [1.82, 2.24) is 4.98 Å². The van der Waals surface area contributed by atoms with E-state index in [4.69, 9.17) is 18.0 Å².